The number of anilines is 1. The first kappa shape index (κ1) is 39.3. The first-order valence-electron chi connectivity index (χ1n) is 20.2. The van der Waals surface area contributed by atoms with E-state index in [1.54, 1.807) is 13.0 Å². The maximum atomic E-state index is 13.7. The van der Waals surface area contributed by atoms with Crippen LogP contribution in [0.2, 0.25) is 5.02 Å². The SMILES string of the molecule is CO[C@@]1(CN2CCN(Cc3noc(C)n3)CC2)/C=C\C[C@H](C)[C@@H](C)S(=O)(=O)NC(=O)c2ccc3c(c2)N(C[C@@H]2CC[C@H]21)C[C@@]1(CCCc2cc(Cl)ccc21)CO3. The zero-order valence-corrected chi connectivity index (χ0v) is 34.6. The molecule has 1 amide bonds. The van der Waals surface area contributed by atoms with Crippen molar-refractivity contribution in [1.29, 1.82) is 0 Å². The Labute approximate surface area is 336 Å². The summed E-state index contributed by atoms with van der Waals surface area (Å²) in [7, 11) is -2.14. The Morgan fingerprint density at radius 2 is 1.88 bits per heavy atom. The van der Waals surface area contributed by atoms with Gasteiger partial charge in [-0.2, -0.15) is 4.98 Å². The van der Waals surface area contributed by atoms with Gasteiger partial charge in [0.15, 0.2) is 5.82 Å². The minimum Gasteiger partial charge on any atom is -0.490 e. The monoisotopic (exact) mass is 806 g/mol. The molecule has 302 valence electrons. The maximum Gasteiger partial charge on any atom is 0.264 e. The fraction of sp³-hybridized carbons (Fsp3) is 0.595. The number of ether oxygens (including phenoxy) is 2. The second-order valence-electron chi connectivity index (χ2n) is 17.0. The van der Waals surface area contributed by atoms with Gasteiger partial charge in [0.05, 0.1) is 24.1 Å². The fourth-order valence-corrected chi connectivity index (χ4v) is 11.3. The minimum atomic E-state index is -3.98. The quantitative estimate of drug-likeness (QED) is 0.315. The molecule has 0 radical (unpaired) electrons. The smallest absolute Gasteiger partial charge is 0.264 e. The molecule has 56 heavy (non-hydrogen) atoms. The lowest BCUT2D eigenvalue weighted by Gasteiger charge is -2.52. The van der Waals surface area contributed by atoms with Crippen LogP contribution < -0.4 is 14.4 Å². The Morgan fingerprint density at radius 1 is 1.07 bits per heavy atom. The van der Waals surface area contributed by atoms with Gasteiger partial charge in [0.1, 0.15) is 11.4 Å². The lowest BCUT2D eigenvalue weighted by atomic mass is 9.63. The van der Waals surface area contributed by atoms with E-state index >= 15 is 0 Å². The van der Waals surface area contributed by atoms with Crippen molar-refractivity contribution in [2.75, 3.05) is 64.4 Å². The summed E-state index contributed by atoms with van der Waals surface area (Å²) in [6.07, 6.45) is 9.92. The van der Waals surface area contributed by atoms with Gasteiger partial charge in [0.25, 0.3) is 5.91 Å². The van der Waals surface area contributed by atoms with Crippen molar-refractivity contribution >= 4 is 33.2 Å². The summed E-state index contributed by atoms with van der Waals surface area (Å²) >= 11 is 6.51. The van der Waals surface area contributed by atoms with Crippen molar-refractivity contribution in [3.8, 4) is 5.75 Å². The van der Waals surface area contributed by atoms with Crippen molar-refractivity contribution in [2.45, 2.75) is 82.1 Å². The molecule has 1 N–H and O–H groups in total. The van der Waals surface area contributed by atoms with Gasteiger partial charge in [-0.25, -0.2) is 13.1 Å². The van der Waals surface area contributed by atoms with Crippen LogP contribution in [-0.4, -0.2) is 105 Å². The number of aryl methyl sites for hydroxylation is 2. The number of hydrogen-bond donors (Lipinski definition) is 1. The maximum absolute atomic E-state index is 13.7. The molecule has 3 aromatic rings. The van der Waals surface area contributed by atoms with Crippen LogP contribution in [-0.2, 0) is 33.1 Å². The highest BCUT2D eigenvalue weighted by molar-refractivity contribution is 7.90. The van der Waals surface area contributed by atoms with E-state index in [4.69, 9.17) is 25.6 Å². The molecule has 12 nitrogen and oxygen atoms in total. The molecule has 14 heteroatoms. The zero-order chi connectivity index (χ0) is 39.2. The van der Waals surface area contributed by atoms with Crippen molar-refractivity contribution in [2.24, 2.45) is 17.8 Å². The van der Waals surface area contributed by atoms with Crippen molar-refractivity contribution < 1.29 is 27.2 Å². The Balaban J connectivity index is 1.14. The Bertz CT molecular complexity index is 2070. The summed E-state index contributed by atoms with van der Waals surface area (Å²) in [6.45, 7) is 12.3. The number of allylic oxidation sites excluding steroid dienone is 1. The number of methoxy groups -OCH3 is 1. The first-order valence-corrected chi connectivity index (χ1v) is 22.1. The summed E-state index contributed by atoms with van der Waals surface area (Å²) in [5.41, 5.74) is 2.78. The van der Waals surface area contributed by atoms with E-state index in [0.29, 0.717) is 55.1 Å². The molecule has 1 saturated heterocycles. The molecule has 2 aromatic carbocycles. The van der Waals surface area contributed by atoms with Crippen LogP contribution in [0.5, 0.6) is 5.75 Å². The molecule has 1 saturated carbocycles. The third-order valence-corrected chi connectivity index (χ3v) is 15.6. The third-order valence-electron chi connectivity index (χ3n) is 13.5. The molecular weight excluding hydrogens is 752 g/mol. The molecule has 2 fully saturated rings. The number of benzene rings is 2. The lowest BCUT2D eigenvalue weighted by Crippen LogP contribution is -2.59. The number of hydrogen-bond acceptors (Lipinski definition) is 11. The van der Waals surface area contributed by atoms with Crippen LogP contribution in [0, 0.1) is 24.7 Å². The fourth-order valence-electron chi connectivity index (χ4n) is 9.87. The van der Waals surface area contributed by atoms with Crippen molar-refractivity contribution in [3.05, 3.63) is 82.0 Å². The highest BCUT2D eigenvalue weighted by atomic mass is 35.5. The van der Waals surface area contributed by atoms with Gasteiger partial charge < -0.3 is 18.9 Å². The normalized spacial score (nSPS) is 31.7. The molecule has 2 bridgehead atoms. The summed E-state index contributed by atoms with van der Waals surface area (Å²) in [4.78, 5) is 25.4. The summed E-state index contributed by atoms with van der Waals surface area (Å²) in [6, 6.07) is 11.6. The number of halogens is 1. The predicted molar refractivity (Wildman–Crippen MR) is 216 cm³/mol. The van der Waals surface area contributed by atoms with E-state index in [2.05, 4.69) is 53.8 Å². The molecule has 8 rings (SSSR count). The Morgan fingerprint density at radius 3 is 2.61 bits per heavy atom. The molecule has 2 aliphatic carbocycles. The zero-order valence-electron chi connectivity index (χ0n) is 33.0. The van der Waals surface area contributed by atoms with E-state index in [1.807, 2.05) is 39.2 Å². The van der Waals surface area contributed by atoms with E-state index in [0.717, 1.165) is 82.1 Å². The number of fused-ring (bicyclic) bond motifs is 4. The number of piperazine rings is 1. The van der Waals surface area contributed by atoms with Crippen LogP contribution in [0.15, 0.2) is 53.1 Å². The van der Waals surface area contributed by atoms with E-state index in [9.17, 15) is 13.2 Å². The van der Waals surface area contributed by atoms with Crippen LogP contribution in [0.3, 0.4) is 0 Å². The Hall–Kier alpha value is -3.49. The highest BCUT2D eigenvalue weighted by Crippen LogP contribution is 2.49. The number of rotatable bonds is 5. The van der Waals surface area contributed by atoms with Crippen molar-refractivity contribution in [3.63, 3.8) is 0 Å². The number of amides is 1. The molecular formula is C42H55ClN6O6S. The molecule has 0 unspecified atom stereocenters. The predicted octanol–water partition coefficient (Wildman–Crippen LogP) is 5.78. The van der Waals surface area contributed by atoms with Gasteiger partial charge in [-0.3, -0.25) is 14.6 Å². The van der Waals surface area contributed by atoms with Crippen LogP contribution >= 0.6 is 11.6 Å². The number of sulfonamides is 1. The standard InChI is InChI=1S/C42H55ClN6O6S/c1-28-7-5-16-42(53-4,26-48-19-17-47(18-20-48)24-39-44-30(3)55-45-39)36-12-9-33(36)23-49-25-41(15-6-8-31-21-34(43)11-13-35(31)41)27-54-38-14-10-32(22-37(38)49)40(50)46-56(51,52)29(28)2/h5,10-11,13-14,16,21-22,28-29,33,36H,6-9,12,15,17-20,23-27H2,1-4H3,(H,46,50)/b16-5-/t28-,29+,33-,36+,41-,42+/m0/s1. The van der Waals surface area contributed by atoms with Gasteiger partial charge in [-0.1, -0.05) is 41.9 Å². The first-order chi connectivity index (χ1) is 26.9. The van der Waals surface area contributed by atoms with Gasteiger partial charge in [-0.15, -0.1) is 0 Å². The Kier molecular flexibility index (Phi) is 11.0. The van der Waals surface area contributed by atoms with Crippen LogP contribution in [0.4, 0.5) is 5.69 Å². The number of carbonyl (C=O) groups excluding carboxylic acids is 1. The van der Waals surface area contributed by atoms with Crippen LogP contribution in [0.1, 0.15) is 79.2 Å². The number of nitrogens with zero attached hydrogens (tertiary/aromatic N) is 5. The van der Waals surface area contributed by atoms with E-state index in [1.165, 1.54) is 11.1 Å². The summed E-state index contributed by atoms with van der Waals surface area (Å²) in [5.74, 6) is 1.65. The van der Waals surface area contributed by atoms with Gasteiger partial charge in [0, 0.05) is 75.8 Å². The number of carbonyl (C=O) groups is 1. The summed E-state index contributed by atoms with van der Waals surface area (Å²) in [5, 5.41) is 4.05. The molecule has 3 aliphatic heterocycles. The third kappa shape index (κ3) is 7.74. The second-order valence-corrected chi connectivity index (χ2v) is 19.4. The molecule has 1 spiro atoms. The lowest BCUT2D eigenvalue weighted by molar-refractivity contribution is -0.0957. The topological polar surface area (TPSA) is 130 Å². The average molecular weight is 807 g/mol. The van der Waals surface area contributed by atoms with Crippen molar-refractivity contribution in [1.82, 2.24) is 24.7 Å². The second kappa shape index (κ2) is 15.7. The van der Waals surface area contributed by atoms with Gasteiger partial charge in [-0.05, 0) is 105 Å². The summed E-state index contributed by atoms with van der Waals surface area (Å²) < 4.78 is 48.3. The van der Waals surface area contributed by atoms with Gasteiger partial charge >= 0.3 is 0 Å². The molecule has 5 aliphatic rings. The average Bonchev–Trinajstić information content (AvgIpc) is 3.51. The highest BCUT2D eigenvalue weighted by Gasteiger charge is 2.50. The van der Waals surface area contributed by atoms with E-state index < -0.39 is 26.8 Å². The molecule has 4 heterocycles. The number of nitrogens with one attached hydrogen (secondary N) is 1. The van der Waals surface area contributed by atoms with E-state index in [-0.39, 0.29) is 17.3 Å². The van der Waals surface area contributed by atoms with Gasteiger partial charge in [0.2, 0.25) is 15.9 Å². The molecule has 1 aromatic heterocycles. The largest absolute Gasteiger partial charge is 0.490 e. The molecule has 6 atom stereocenters. The number of aromatic nitrogens is 2. The van der Waals surface area contributed by atoms with Crippen LogP contribution in [0.25, 0.3) is 0 Å². The minimum absolute atomic E-state index is 0.223.